The third kappa shape index (κ3) is 2.40. The molecular weight excluding hydrogens is 279 g/mol. The molecule has 1 aromatic heterocycles. The van der Waals surface area contributed by atoms with Crippen LogP contribution >= 0.6 is 11.6 Å². The van der Waals surface area contributed by atoms with E-state index in [0.29, 0.717) is 30.0 Å². The van der Waals surface area contributed by atoms with Gasteiger partial charge in [-0.1, -0.05) is 35.9 Å². The summed E-state index contributed by atoms with van der Waals surface area (Å²) in [5.41, 5.74) is 8.61. The quantitative estimate of drug-likeness (QED) is 0.801. The van der Waals surface area contributed by atoms with Crippen molar-refractivity contribution in [3.63, 3.8) is 0 Å². The first-order valence-corrected chi connectivity index (χ1v) is 6.56. The lowest BCUT2D eigenvalue weighted by molar-refractivity contribution is 0.543. The molecule has 20 heavy (non-hydrogen) atoms. The lowest BCUT2D eigenvalue weighted by atomic mass is 10.0. The second-order valence-electron chi connectivity index (χ2n) is 4.49. The van der Waals surface area contributed by atoms with Crippen LogP contribution in [0.15, 0.2) is 40.8 Å². The Morgan fingerprint density at radius 3 is 2.70 bits per heavy atom. The summed E-state index contributed by atoms with van der Waals surface area (Å²) in [6.45, 7) is 0.450. The van der Waals surface area contributed by atoms with Gasteiger partial charge in [0.05, 0.1) is 5.02 Å². The van der Waals surface area contributed by atoms with Crippen molar-refractivity contribution in [1.29, 1.82) is 0 Å². The van der Waals surface area contributed by atoms with Gasteiger partial charge >= 0.3 is 0 Å². The molecule has 2 N–H and O–H groups in total. The number of nitrogens with two attached hydrogens (primary N) is 1. The van der Waals surface area contributed by atoms with Crippen molar-refractivity contribution >= 4 is 22.7 Å². The predicted molar refractivity (Wildman–Crippen MR) is 76.1 cm³/mol. The molecule has 0 aliphatic rings. The number of hydrogen-bond acceptors (Lipinski definition) is 3. The highest BCUT2D eigenvalue weighted by Crippen LogP contribution is 2.27. The minimum Gasteiger partial charge on any atom is -0.439 e. The van der Waals surface area contributed by atoms with E-state index in [1.165, 1.54) is 12.1 Å². The Kier molecular flexibility index (Phi) is 3.42. The van der Waals surface area contributed by atoms with Gasteiger partial charge in [0.25, 0.3) is 0 Å². The highest BCUT2D eigenvalue weighted by molar-refractivity contribution is 6.34. The van der Waals surface area contributed by atoms with Crippen LogP contribution in [-0.2, 0) is 13.0 Å². The number of hydrogen-bond donors (Lipinski definition) is 1. The first-order chi connectivity index (χ1) is 9.67. The zero-order chi connectivity index (χ0) is 14.1. The van der Waals surface area contributed by atoms with Crippen LogP contribution in [0.1, 0.15) is 17.0 Å². The number of oxazole rings is 1. The van der Waals surface area contributed by atoms with Crippen molar-refractivity contribution in [2.75, 3.05) is 0 Å². The van der Waals surface area contributed by atoms with E-state index < -0.39 is 5.82 Å². The van der Waals surface area contributed by atoms with Crippen LogP contribution in [0, 0.1) is 5.82 Å². The second-order valence-corrected chi connectivity index (χ2v) is 4.90. The number of halogens is 2. The molecular formula is C15H12ClFN2O. The second kappa shape index (κ2) is 5.23. The van der Waals surface area contributed by atoms with Crippen LogP contribution in [0.3, 0.4) is 0 Å². The molecule has 0 amide bonds. The molecule has 5 heteroatoms. The number of fused-ring (bicyclic) bond motifs is 1. The highest BCUT2D eigenvalue weighted by Gasteiger charge is 2.12. The summed E-state index contributed by atoms with van der Waals surface area (Å²) in [5, 5.41) is 0.228. The molecule has 2 aromatic carbocycles. The Morgan fingerprint density at radius 1 is 1.20 bits per heavy atom. The molecule has 3 rings (SSSR count). The van der Waals surface area contributed by atoms with Gasteiger partial charge in [0.2, 0.25) is 0 Å². The molecule has 0 aliphatic heterocycles. The van der Waals surface area contributed by atoms with E-state index >= 15 is 0 Å². The third-order valence-corrected chi connectivity index (χ3v) is 3.41. The van der Waals surface area contributed by atoms with Gasteiger partial charge in [-0.05, 0) is 17.2 Å². The van der Waals surface area contributed by atoms with Gasteiger partial charge in [0.15, 0.2) is 11.5 Å². The summed E-state index contributed by atoms with van der Waals surface area (Å²) < 4.78 is 18.9. The molecule has 0 radical (unpaired) electrons. The maximum Gasteiger partial charge on any atom is 0.199 e. The molecule has 0 saturated carbocycles. The van der Waals surface area contributed by atoms with Gasteiger partial charge in [-0.2, -0.15) is 0 Å². The zero-order valence-corrected chi connectivity index (χ0v) is 11.3. The average Bonchev–Trinajstić information content (AvgIpc) is 2.82. The lowest BCUT2D eigenvalue weighted by Gasteiger charge is -2.04. The standard InChI is InChI=1S/C15H12ClFN2O/c16-12-6-11(17)7-13-15(12)20-14(19-13)5-9-3-1-2-4-10(9)8-18/h1-4,6-7H,5,8,18H2. The molecule has 3 aromatic rings. The normalized spacial score (nSPS) is 11.2. The summed E-state index contributed by atoms with van der Waals surface area (Å²) >= 11 is 5.94. The van der Waals surface area contributed by atoms with E-state index in [9.17, 15) is 4.39 Å². The molecule has 0 saturated heterocycles. The first kappa shape index (κ1) is 13.1. The fourth-order valence-corrected chi connectivity index (χ4v) is 2.41. The van der Waals surface area contributed by atoms with Crippen molar-refractivity contribution < 1.29 is 8.81 Å². The number of aromatic nitrogens is 1. The van der Waals surface area contributed by atoms with Gasteiger partial charge in [-0.3, -0.25) is 0 Å². The summed E-state index contributed by atoms with van der Waals surface area (Å²) in [6.07, 6.45) is 0.500. The Hall–Kier alpha value is -1.91. The third-order valence-electron chi connectivity index (χ3n) is 3.13. The van der Waals surface area contributed by atoms with E-state index in [0.717, 1.165) is 11.1 Å². The zero-order valence-electron chi connectivity index (χ0n) is 10.6. The van der Waals surface area contributed by atoms with Crippen LogP contribution in [-0.4, -0.2) is 4.98 Å². The largest absolute Gasteiger partial charge is 0.439 e. The predicted octanol–water partition coefficient (Wildman–Crippen LogP) is 3.67. The minimum absolute atomic E-state index is 0.228. The molecule has 0 bridgehead atoms. The monoisotopic (exact) mass is 290 g/mol. The Balaban J connectivity index is 2.01. The summed E-state index contributed by atoms with van der Waals surface area (Å²) in [7, 11) is 0. The Bertz CT molecular complexity index is 770. The fourth-order valence-electron chi connectivity index (χ4n) is 2.17. The van der Waals surface area contributed by atoms with Crippen molar-refractivity contribution in [2.45, 2.75) is 13.0 Å². The summed E-state index contributed by atoms with van der Waals surface area (Å²) in [6, 6.07) is 10.3. The molecule has 0 spiro atoms. The van der Waals surface area contributed by atoms with Crippen LogP contribution < -0.4 is 5.73 Å². The fraction of sp³-hybridized carbons (Fsp3) is 0.133. The van der Waals surface area contributed by atoms with Gasteiger partial charge < -0.3 is 10.2 Å². The van der Waals surface area contributed by atoms with Gasteiger partial charge in [-0.25, -0.2) is 9.37 Å². The SMILES string of the molecule is NCc1ccccc1Cc1nc2cc(F)cc(Cl)c2o1. The van der Waals surface area contributed by atoms with Gasteiger partial charge in [-0.15, -0.1) is 0 Å². The van der Waals surface area contributed by atoms with E-state index in [2.05, 4.69) is 4.98 Å². The van der Waals surface area contributed by atoms with Crippen LogP contribution in [0.4, 0.5) is 4.39 Å². The van der Waals surface area contributed by atoms with Gasteiger partial charge in [0.1, 0.15) is 11.3 Å². The van der Waals surface area contributed by atoms with Crippen LogP contribution in [0.2, 0.25) is 5.02 Å². The van der Waals surface area contributed by atoms with Crippen molar-refractivity contribution in [3.8, 4) is 0 Å². The Morgan fingerprint density at radius 2 is 1.95 bits per heavy atom. The summed E-state index contributed by atoms with van der Waals surface area (Å²) in [5.74, 6) is 0.0677. The van der Waals surface area contributed by atoms with Crippen molar-refractivity contribution in [1.82, 2.24) is 4.98 Å². The number of rotatable bonds is 3. The van der Waals surface area contributed by atoms with E-state index in [4.69, 9.17) is 21.8 Å². The van der Waals surface area contributed by atoms with E-state index in [1.54, 1.807) is 0 Å². The first-order valence-electron chi connectivity index (χ1n) is 6.18. The molecule has 0 fully saturated rings. The average molecular weight is 291 g/mol. The summed E-state index contributed by atoms with van der Waals surface area (Å²) in [4.78, 5) is 4.27. The van der Waals surface area contributed by atoms with E-state index in [-0.39, 0.29) is 5.02 Å². The lowest BCUT2D eigenvalue weighted by Crippen LogP contribution is -2.01. The maximum absolute atomic E-state index is 13.3. The van der Waals surface area contributed by atoms with E-state index in [1.807, 2.05) is 24.3 Å². The Labute approximate surface area is 120 Å². The molecule has 0 aliphatic carbocycles. The highest BCUT2D eigenvalue weighted by atomic mass is 35.5. The molecule has 0 unspecified atom stereocenters. The van der Waals surface area contributed by atoms with Crippen LogP contribution in [0.5, 0.6) is 0 Å². The topological polar surface area (TPSA) is 52.0 Å². The molecule has 0 atom stereocenters. The maximum atomic E-state index is 13.3. The smallest absolute Gasteiger partial charge is 0.199 e. The van der Waals surface area contributed by atoms with Crippen LogP contribution in [0.25, 0.3) is 11.1 Å². The van der Waals surface area contributed by atoms with Gasteiger partial charge in [0, 0.05) is 19.0 Å². The molecule has 102 valence electrons. The minimum atomic E-state index is -0.426. The molecule has 1 heterocycles. The number of nitrogens with zero attached hydrogens (tertiary/aromatic N) is 1. The molecule has 3 nitrogen and oxygen atoms in total. The number of benzene rings is 2. The van der Waals surface area contributed by atoms with Crippen molar-refractivity contribution in [3.05, 3.63) is 64.3 Å². The van der Waals surface area contributed by atoms with Crippen molar-refractivity contribution in [2.24, 2.45) is 5.73 Å².